The van der Waals surface area contributed by atoms with E-state index >= 15 is 0 Å². The lowest BCUT2D eigenvalue weighted by molar-refractivity contribution is 0.114. The van der Waals surface area contributed by atoms with E-state index in [0.717, 1.165) is 17.8 Å². The Hall–Kier alpha value is -0.510. The van der Waals surface area contributed by atoms with Gasteiger partial charge in [0.25, 0.3) is 0 Å². The largest absolute Gasteiger partial charge is 0.198 e. The van der Waals surface area contributed by atoms with Crippen molar-refractivity contribution in [1.82, 2.24) is 0 Å². The van der Waals surface area contributed by atoms with E-state index in [0.29, 0.717) is 0 Å². The molecule has 0 saturated heterocycles. The molecule has 0 aromatic carbocycles. The van der Waals surface area contributed by atoms with Gasteiger partial charge in [0, 0.05) is 0 Å². The van der Waals surface area contributed by atoms with Crippen molar-refractivity contribution in [3.8, 4) is 6.07 Å². The maximum atomic E-state index is 9.96. The lowest BCUT2D eigenvalue weighted by atomic mass is 9.63. The maximum Gasteiger partial charge on any atom is 0.0689 e. The van der Waals surface area contributed by atoms with Crippen LogP contribution in [0.3, 0.4) is 0 Å². The lowest BCUT2D eigenvalue weighted by Crippen LogP contribution is -2.31. The molecule has 2 aliphatic carbocycles. The van der Waals surface area contributed by atoms with Crippen molar-refractivity contribution in [3.63, 3.8) is 0 Å². The van der Waals surface area contributed by atoms with Crippen LogP contribution in [0.4, 0.5) is 0 Å². The number of nitrogens with zero attached hydrogens (tertiary/aromatic N) is 1. The van der Waals surface area contributed by atoms with Crippen molar-refractivity contribution in [1.29, 1.82) is 5.26 Å². The third-order valence-corrected chi connectivity index (χ3v) is 9.01. The monoisotopic (exact) mass is 429 g/mol. The molecule has 0 atom stereocenters. The van der Waals surface area contributed by atoms with Gasteiger partial charge in [-0.05, 0) is 62.7 Å². The summed E-state index contributed by atoms with van der Waals surface area (Å²) in [6.07, 6.45) is 31.9. The molecular weight excluding hydrogens is 374 g/mol. The van der Waals surface area contributed by atoms with Crippen molar-refractivity contribution in [3.05, 3.63) is 0 Å². The second kappa shape index (κ2) is 16.2. The highest BCUT2D eigenvalue weighted by molar-refractivity contribution is 5.02. The van der Waals surface area contributed by atoms with Gasteiger partial charge in [0.15, 0.2) is 0 Å². The first-order valence-electron chi connectivity index (χ1n) is 14.6. The Bertz CT molecular complexity index is 459. The van der Waals surface area contributed by atoms with Crippen LogP contribution in [0.25, 0.3) is 0 Å². The van der Waals surface area contributed by atoms with Crippen LogP contribution in [0.2, 0.25) is 0 Å². The summed E-state index contributed by atoms with van der Waals surface area (Å²) in [4.78, 5) is 0. The van der Waals surface area contributed by atoms with Gasteiger partial charge in [0.1, 0.15) is 0 Å². The average Bonchev–Trinajstić information content (AvgIpc) is 2.81. The Morgan fingerprint density at radius 3 is 1.65 bits per heavy atom. The average molecular weight is 430 g/mol. The van der Waals surface area contributed by atoms with Crippen molar-refractivity contribution in [2.45, 2.75) is 162 Å². The zero-order valence-electron chi connectivity index (χ0n) is 21.4. The predicted octanol–water partition coefficient (Wildman–Crippen LogP) is 10.4. The molecule has 0 unspecified atom stereocenters. The molecular formula is C30H55N. The number of hydrogen-bond donors (Lipinski definition) is 0. The van der Waals surface area contributed by atoms with Crippen LogP contribution in [0.1, 0.15) is 162 Å². The first-order chi connectivity index (χ1) is 15.2. The summed E-state index contributed by atoms with van der Waals surface area (Å²) in [7, 11) is 0. The fourth-order valence-electron chi connectivity index (χ4n) is 6.66. The molecule has 0 amide bonds. The fraction of sp³-hybridized carbons (Fsp3) is 0.967. The Morgan fingerprint density at radius 2 is 1.10 bits per heavy atom. The van der Waals surface area contributed by atoms with Crippen LogP contribution in [-0.2, 0) is 0 Å². The maximum absolute atomic E-state index is 9.96. The molecule has 0 aromatic rings. The van der Waals surface area contributed by atoms with Gasteiger partial charge in [-0.2, -0.15) is 5.26 Å². The summed E-state index contributed by atoms with van der Waals surface area (Å²) in [5, 5.41) is 9.96. The zero-order chi connectivity index (χ0) is 22.2. The molecule has 0 radical (unpaired) electrons. The van der Waals surface area contributed by atoms with E-state index in [1.165, 1.54) is 148 Å². The van der Waals surface area contributed by atoms with Gasteiger partial charge < -0.3 is 0 Å². The van der Waals surface area contributed by atoms with Crippen LogP contribution >= 0.6 is 0 Å². The van der Waals surface area contributed by atoms with E-state index in [4.69, 9.17) is 0 Å². The minimum absolute atomic E-state index is 0.0361. The molecule has 31 heavy (non-hydrogen) atoms. The van der Waals surface area contributed by atoms with Gasteiger partial charge in [-0.25, -0.2) is 0 Å². The van der Waals surface area contributed by atoms with E-state index in [1.54, 1.807) is 0 Å². The van der Waals surface area contributed by atoms with Gasteiger partial charge in [0.05, 0.1) is 11.5 Å². The van der Waals surface area contributed by atoms with Gasteiger partial charge in [0.2, 0.25) is 0 Å². The molecule has 2 fully saturated rings. The summed E-state index contributed by atoms with van der Waals surface area (Å²) >= 11 is 0. The highest BCUT2D eigenvalue weighted by Gasteiger charge is 2.38. The SMILES string of the molecule is CCCCCCCCCCC1(C#N)CCC(C2CCC(CCCCCCC)CC2)CC1. The quantitative estimate of drug-likeness (QED) is 0.224. The van der Waals surface area contributed by atoms with Crippen LogP contribution in [0.15, 0.2) is 0 Å². The highest BCUT2D eigenvalue weighted by atomic mass is 14.4. The van der Waals surface area contributed by atoms with Crippen LogP contribution in [-0.4, -0.2) is 0 Å². The summed E-state index contributed by atoms with van der Waals surface area (Å²) in [6.45, 7) is 4.60. The third kappa shape index (κ3) is 10.3. The molecule has 0 aliphatic heterocycles. The first kappa shape index (κ1) is 26.7. The van der Waals surface area contributed by atoms with Crippen molar-refractivity contribution >= 4 is 0 Å². The molecule has 0 N–H and O–H groups in total. The van der Waals surface area contributed by atoms with E-state index in [-0.39, 0.29) is 5.41 Å². The predicted molar refractivity (Wildman–Crippen MR) is 136 cm³/mol. The fourth-order valence-corrected chi connectivity index (χ4v) is 6.66. The minimum Gasteiger partial charge on any atom is -0.198 e. The third-order valence-electron chi connectivity index (χ3n) is 9.01. The molecule has 1 heteroatoms. The molecule has 0 bridgehead atoms. The first-order valence-corrected chi connectivity index (χ1v) is 14.6. The molecule has 0 heterocycles. The van der Waals surface area contributed by atoms with Gasteiger partial charge in [-0.15, -0.1) is 0 Å². The van der Waals surface area contributed by atoms with Crippen molar-refractivity contribution in [2.24, 2.45) is 23.2 Å². The normalized spacial score (nSPS) is 29.0. The Kier molecular flexibility index (Phi) is 13.9. The number of nitriles is 1. The van der Waals surface area contributed by atoms with Gasteiger partial charge in [-0.1, -0.05) is 117 Å². The second-order valence-corrected chi connectivity index (χ2v) is 11.4. The summed E-state index contributed by atoms with van der Waals surface area (Å²) in [5.74, 6) is 2.95. The smallest absolute Gasteiger partial charge is 0.0689 e. The van der Waals surface area contributed by atoms with Crippen LogP contribution in [0.5, 0.6) is 0 Å². The molecule has 0 aromatic heterocycles. The topological polar surface area (TPSA) is 23.8 Å². The number of unbranched alkanes of at least 4 members (excludes halogenated alkanes) is 11. The van der Waals surface area contributed by atoms with E-state index < -0.39 is 0 Å². The molecule has 1 nitrogen and oxygen atoms in total. The summed E-state index contributed by atoms with van der Waals surface area (Å²) in [5.41, 5.74) is 0.0361. The summed E-state index contributed by atoms with van der Waals surface area (Å²) in [6, 6.07) is 2.80. The molecule has 2 rings (SSSR count). The van der Waals surface area contributed by atoms with Crippen molar-refractivity contribution < 1.29 is 0 Å². The van der Waals surface area contributed by atoms with Crippen LogP contribution in [0, 0.1) is 34.5 Å². The van der Waals surface area contributed by atoms with E-state index in [2.05, 4.69) is 19.9 Å². The standard InChI is InChI=1S/C30H55N/c1-3-5-7-9-10-11-13-15-23-30(26-31)24-21-29(22-25-30)28-19-17-27(18-20-28)16-14-12-8-6-4-2/h27-29H,3-25H2,1-2H3. The van der Waals surface area contributed by atoms with Crippen LogP contribution < -0.4 is 0 Å². The molecule has 0 spiro atoms. The van der Waals surface area contributed by atoms with Gasteiger partial charge >= 0.3 is 0 Å². The molecule has 2 saturated carbocycles. The number of rotatable bonds is 16. The Morgan fingerprint density at radius 1 is 0.613 bits per heavy atom. The Labute approximate surface area is 196 Å². The zero-order valence-corrected chi connectivity index (χ0v) is 21.4. The van der Waals surface area contributed by atoms with E-state index in [9.17, 15) is 5.26 Å². The van der Waals surface area contributed by atoms with Crippen molar-refractivity contribution in [2.75, 3.05) is 0 Å². The van der Waals surface area contributed by atoms with Gasteiger partial charge in [-0.3, -0.25) is 0 Å². The summed E-state index contributed by atoms with van der Waals surface area (Å²) < 4.78 is 0. The van der Waals surface area contributed by atoms with E-state index in [1.807, 2.05) is 0 Å². The number of hydrogen-bond acceptors (Lipinski definition) is 1. The lowest BCUT2D eigenvalue weighted by Gasteiger charge is -2.41. The minimum atomic E-state index is 0.0361. The second-order valence-electron chi connectivity index (χ2n) is 11.4. The Balaban J connectivity index is 1.57. The highest BCUT2D eigenvalue weighted by Crippen LogP contribution is 2.47. The molecule has 2 aliphatic rings. The molecule has 180 valence electrons.